The molecular weight excluding hydrogens is 426 g/mol. The lowest BCUT2D eigenvalue weighted by Gasteiger charge is -2.15. The lowest BCUT2D eigenvalue weighted by atomic mass is 10.3. The molecule has 0 N–H and O–H groups in total. The van der Waals surface area contributed by atoms with E-state index in [-0.39, 0.29) is 5.97 Å². The fraction of sp³-hybridized carbons (Fsp3) is 0.250. The SMILES string of the molecule is CCOC(=O)c1cc2c(N(C)C)nc3c(Br)cc(Br)cc3n2c1. The van der Waals surface area contributed by atoms with Crippen LogP contribution in [0.4, 0.5) is 5.82 Å². The number of hydrogen-bond acceptors (Lipinski definition) is 4. The number of rotatable bonds is 3. The second-order valence-electron chi connectivity index (χ2n) is 5.29. The van der Waals surface area contributed by atoms with E-state index in [0.29, 0.717) is 12.2 Å². The molecule has 1 aromatic carbocycles. The first-order valence-corrected chi connectivity index (χ1v) is 8.66. The number of fused-ring (bicyclic) bond motifs is 3. The third-order valence-corrected chi connectivity index (χ3v) is 4.53. The number of carbonyl (C=O) groups is 1. The molecule has 3 aromatic rings. The molecule has 23 heavy (non-hydrogen) atoms. The summed E-state index contributed by atoms with van der Waals surface area (Å²) in [5.74, 6) is 0.458. The fourth-order valence-electron chi connectivity index (χ4n) is 2.50. The van der Waals surface area contributed by atoms with Crippen molar-refractivity contribution < 1.29 is 9.53 Å². The maximum absolute atomic E-state index is 12.1. The van der Waals surface area contributed by atoms with E-state index in [1.54, 1.807) is 13.1 Å². The zero-order valence-corrected chi connectivity index (χ0v) is 16.1. The zero-order valence-electron chi connectivity index (χ0n) is 12.9. The van der Waals surface area contributed by atoms with Crippen molar-refractivity contribution in [2.75, 3.05) is 25.6 Å². The van der Waals surface area contributed by atoms with Crippen LogP contribution in [0.15, 0.2) is 33.3 Å². The topological polar surface area (TPSA) is 46.8 Å². The molecule has 0 saturated heterocycles. The zero-order chi connectivity index (χ0) is 16.7. The van der Waals surface area contributed by atoms with Gasteiger partial charge in [-0.15, -0.1) is 0 Å². The summed E-state index contributed by atoms with van der Waals surface area (Å²) in [4.78, 5) is 18.8. The van der Waals surface area contributed by atoms with Gasteiger partial charge in [0.05, 0.1) is 23.2 Å². The standard InChI is InChI=1S/C16H15Br2N3O2/c1-4-23-16(22)9-5-13-15(20(2)3)19-14-11(18)6-10(17)7-12(14)21(13)8-9/h5-8H,4H2,1-3H3. The number of nitrogens with zero attached hydrogens (tertiary/aromatic N) is 3. The molecule has 0 saturated carbocycles. The van der Waals surface area contributed by atoms with E-state index in [1.807, 2.05) is 41.6 Å². The molecule has 3 rings (SSSR count). The summed E-state index contributed by atoms with van der Waals surface area (Å²) in [6, 6.07) is 5.75. The number of ether oxygens (including phenoxy) is 1. The summed E-state index contributed by atoms with van der Waals surface area (Å²) >= 11 is 7.07. The summed E-state index contributed by atoms with van der Waals surface area (Å²) < 4.78 is 8.91. The Morgan fingerprint density at radius 3 is 2.65 bits per heavy atom. The summed E-state index contributed by atoms with van der Waals surface area (Å²) in [7, 11) is 3.86. The van der Waals surface area contributed by atoms with Gasteiger partial charge in [-0.05, 0) is 41.1 Å². The molecule has 0 amide bonds. The van der Waals surface area contributed by atoms with E-state index in [1.165, 1.54) is 0 Å². The highest BCUT2D eigenvalue weighted by molar-refractivity contribution is 9.11. The van der Waals surface area contributed by atoms with Crippen LogP contribution in [-0.4, -0.2) is 36.1 Å². The predicted octanol–water partition coefficient (Wildman–Crippen LogP) is 4.26. The molecule has 0 radical (unpaired) electrons. The van der Waals surface area contributed by atoms with Crippen LogP contribution in [0.1, 0.15) is 17.3 Å². The first kappa shape index (κ1) is 16.3. The molecule has 7 heteroatoms. The molecule has 0 aliphatic carbocycles. The first-order chi connectivity index (χ1) is 10.9. The minimum absolute atomic E-state index is 0.330. The number of benzene rings is 1. The molecule has 0 aliphatic heterocycles. The smallest absolute Gasteiger partial charge is 0.339 e. The Balaban J connectivity index is 2.39. The van der Waals surface area contributed by atoms with Crippen LogP contribution in [0.25, 0.3) is 16.6 Å². The number of halogens is 2. The van der Waals surface area contributed by atoms with Crippen LogP contribution in [0.3, 0.4) is 0 Å². The minimum atomic E-state index is -0.330. The Hall–Kier alpha value is -1.60. The lowest BCUT2D eigenvalue weighted by molar-refractivity contribution is 0.0526. The quantitative estimate of drug-likeness (QED) is 0.571. The van der Waals surface area contributed by atoms with Gasteiger partial charge in [-0.25, -0.2) is 9.78 Å². The van der Waals surface area contributed by atoms with E-state index in [0.717, 1.165) is 31.3 Å². The van der Waals surface area contributed by atoms with Crippen molar-refractivity contribution in [1.82, 2.24) is 9.38 Å². The van der Waals surface area contributed by atoms with Gasteiger partial charge < -0.3 is 14.0 Å². The van der Waals surface area contributed by atoms with Crippen LogP contribution in [0, 0.1) is 0 Å². The molecule has 0 bridgehead atoms. The van der Waals surface area contributed by atoms with Crippen LogP contribution in [0.5, 0.6) is 0 Å². The first-order valence-electron chi connectivity index (χ1n) is 7.07. The third-order valence-electron chi connectivity index (χ3n) is 3.47. The highest BCUT2D eigenvalue weighted by Gasteiger charge is 2.17. The molecule has 0 spiro atoms. The summed E-state index contributed by atoms with van der Waals surface area (Å²) in [6.07, 6.45) is 1.79. The highest BCUT2D eigenvalue weighted by Crippen LogP contribution is 2.32. The Bertz CT molecular complexity index is 919. The second kappa shape index (κ2) is 6.13. The fourth-order valence-corrected chi connectivity index (χ4v) is 3.79. The maximum Gasteiger partial charge on any atom is 0.339 e. The number of aromatic nitrogens is 2. The van der Waals surface area contributed by atoms with Gasteiger partial charge in [0, 0.05) is 29.2 Å². The van der Waals surface area contributed by atoms with Crippen molar-refractivity contribution in [2.24, 2.45) is 0 Å². The molecular formula is C16H15Br2N3O2. The molecule has 0 aliphatic rings. The maximum atomic E-state index is 12.1. The lowest BCUT2D eigenvalue weighted by Crippen LogP contribution is -2.12. The Labute approximate surface area is 150 Å². The summed E-state index contributed by atoms with van der Waals surface area (Å²) in [5.41, 5.74) is 3.11. The van der Waals surface area contributed by atoms with Crippen molar-refractivity contribution in [3.63, 3.8) is 0 Å². The van der Waals surface area contributed by atoms with Gasteiger partial charge >= 0.3 is 5.97 Å². The van der Waals surface area contributed by atoms with Gasteiger partial charge in [0.2, 0.25) is 0 Å². The average molecular weight is 441 g/mol. The van der Waals surface area contributed by atoms with Gasteiger partial charge in [-0.1, -0.05) is 15.9 Å². The van der Waals surface area contributed by atoms with Crippen molar-refractivity contribution in [3.05, 3.63) is 38.9 Å². The van der Waals surface area contributed by atoms with E-state index >= 15 is 0 Å². The van der Waals surface area contributed by atoms with Crippen molar-refractivity contribution in [1.29, 1.82) is 0 Å². The molecule has 2 aromatic heterocycles. The monoisotopic (exact) mass is 439 g/mol. The van der Waals surface area contributed by atoms with Crippen LogP contribution < -0.4 is 4.90 Å². The van der Waals surface area contributed by atoms with Crippen molar-refractivity contribution in [3.8, 4) is 0 Å². The van der Waals surface area contributed by atoms with E-state index in [2.05, 4.69) is 31.9 Å². The van der Waals surface area contributed by atoms with E-state index < -0.39 is 0 Å². The average Bonchev–Trinajstić information content (AvgIpc) is 2.92. The van der Waals surface area contributed by atoms with Gasteiger partial charge in [0.25, 0.3) is 0 Å². The minimum Gasteiger partial charge on any atom is -0.462 e. The Morgan fingerprint density at radius 1 is 1.26 bits per heavy atom. The Morgan fingerprint density at radius 2 is 2.00 bits per heavy atom. The summed E-state index contributed by atoms with van der Waals surface area (Å²) in [6.45, 7) is 2.14. The normalized spacial score (nSPS) is 11.2. The van der Waals surface area contributed by atoms with Crippen LogP contribution in [-0.2, 0) is 4.74 Å². The van der Waals surface area contributed by atoms with Gasteiger partial charge in [0.1, 0.15) is 5.52 Å². The number of esters is 1. The largest absolute Gasteiger partial charge is 0.462 e. The van der Waals surface area contributed by atoms with E-state index in [4.69, 9.17) is 9.72 Å². The predicted molar refractivity (Wildman–Crippen MR) is 98.4 cm³/mol. The summed E-state index contributed by atoms with van der Waals surface area (Å²) in [5, 5.41) is 0. The van der Waals surface area contributed by atoms with E-state index in [9.17, 15) is 4.79 Å². The number of carbonyl (C=O) groups excluding carboxylic acids is 1. The van der Waals surface area contributed by atoms with Gasteiger partial charge in [-0.3, -0.25) is 0 Å². The Kier molecular flexibility index (Phi) is 4.33. The van der Waals surface area contributed by atoms with Crippen LogP contribution in [0.2, 0.25) is 0 Å². The third kappa shape index (κ3) is 2.83. The van der Waals surface area contributed by atoms with Crippen LogP contribution >= 0.6 is 31.9 Å². The van der Waals surface area contributed by atoms with Gasteiger partial charge in [-0.2, -0.15) is 0 Å². The van der Waals surface area contributed by atoms with Gasteiger partial charge in [0.15, 0.2) is 5.82 Å². The van der Waals surface area contributed by atoms with Crippen molar-refractivity contribution >= 4 is 60.2 Å². The number of anilines is 1. The molecule has 2 heterocycles. The molecule has 0 atom stereocenters. The van der Waals surface area contributed by atoms with Crippen molar-refractivity contribution in [2.45, 2.75) is 6.92 Å². The highest BCUT2D eigenvalue weighted by atomic mass is 79.9. The molecule has 120 valence electrons. The molecule has 5 nitrogen and oxygen atoms in total. The second-order valence-corrected chi connectivity index (χ2v) is 7.06. The molecule has 0 unspecified atom stereocenters. The molecule has 0 fully saturated rings. The number of hydrogen-bond donors (Lipinski definition) is 0.